The minimum atomic E-state index is -1.40. The van der Waals surface area contributed by atoms with E-state index in [1.54, 1.807) is 6.07 Å². The third kappa shape index (κ3) is 5.44. The number of amides is 2. The number of rotatable bonds is 5. The van der Waals surface area contributed by atoms with Crippen LogP contribution in [0.3, 0.4) is 0 Å². The van der Waals surface area contributed by atoms with Crippen LogP contribution in [0.1, 0.15) is 38.3 Å². The highest BCUT2D eigenvalue weighted by Gasteiger charge is 2.40. The number of para-hydroxylation sites is 1. The van der Waals surface area contributed by atoms with Gasteiger partial charge in [-0.1, -0.05) is 6.07 Å². The van der Waals surface area contributed by atoms with Gasteiger partial charge in [-0.2, -0.15) is 0 Å². The molecule has 3 heterocycles. The first-order chi connectivity index (χ1) is 16.4. The van der Waals surface area contributed by atoms with Crippen molar-refractivity contribution in [3.8, 4) is 5.75 Å². The minimum Gasteiger partial charge on any atom is -0.480 e. The second kappa shape index (κ2) is 10.3. The standard InChI is InChI=1S/C24H30N6O4.ClH/c1-14-11-26-17-3-2-4-18(21(17)27-14)29-23(32)24(33)9-7-15(8-10-24)25-12-16-5-6-19-22(28-16)30-20(31)13-34-19;/h2-6,14-15,25-27,33H,7-13H2,1H3,(H,29,32)(H,28,30,31);1H. The van der Waals surface area contributed by atoms with E-state index in [2.05, 4.69) is 38.5 Å². The van der Waals surface area contributed by atoms with Crippen LogP contribution in [0.5, 0.6) is 5.75 Å². The van der Waals surface area contributed by atoms with Crippen LogP contribution in [0.15, 0.2) is 30.3 Å². The van der Waals surface area contributed by atoms with E-state index in [9.17, 15) is 14.7 Å². The van der Waals surface area contributed by atoms with Crippen molar-refractivity contribution in [1.82, 2.24) is 10.3 Å². The van der Waals surface area contributed by atoms with Gasteiger partial charge in [0.05, 0.1) is 22.8 Å². The summed E-state index contributed by atoms with van der Waals surface area (Å²) in [5.41, 5.74) is 1.85. The number of carbonyl (C=O) groups is 2. The van der Waals surface area contributed by atoms with E-state index < -0.39 is 5.60 Å². The molecule has 3 aliphatic rings. The zero-order chi connectivity index (χ0) is 23.7. The number of hydrogen-bond acceptors (Lipinski definition) is 8. The maximum atomic E-state index is 13.0. The summed E-state index contributed by atoms with van der Waals surface area (Å²) in [7, 11) is 0. The number of nitrogens with zero attached hydrogens (tertiary/aromatic N) is 1. The van der Waals surface area contributed by atoms with Gasteiger partial charge in [-0.15, -0.1) is 12.4 Å². The van der Waals surface area contributed by atoms with Crippen molar-refractivity contribution in [2.45, 2.75) is 56.8 Å². The van der Waals surface area contributed by atoms with Gasteiger partial charge in [-0.3, -0.25) is 9.59 Å². The number of carbonyl (C=O) groups excluding carboxylic acids is 2. The van der Waals surface area contributed by atoms with Crippen LogP contribution in [-0.4, -0.2) is 52.7 Å². The molecule has 1 aromatic heterocycles. The zero-order valence-electron chi connectivity index (χ0n) is 19.5. The van der Waals surface area contributed by atoms with Gasteiger partial charge in [0, 0.05) is 25.2 Å². The molecule has 1 fully saturated rings. The highest BCUT2D eigenvalue weighted by molar-refractivity contribution is 6.01. The van der Waals surface area contributed by atoms with Gasteiger partial charge in [0.25, 0.3) is 11.8 Å². The summed E-state index contributed by atoms with van der Waals surface area (Å²) in [4.78, 5) is 29.0. The van der Waals surface area contributed by atoms with E-state index in [0.29, 0.717) is 49.5 Å². The molecule has 2 aromatic rings. The topological polar surface area (TPSA) is 137 Å². The SMILES string of the molecule is CC1CNc2cccc(NC(=O)C3(O)CCC(NCc4ccc5c(n4)NC(=O)CO5)CC3)c2N1.Cl. The Morgan fingerprint density at radius 1 is 1.26 bits per heavy atom. The second-order valence-electron chi connectivity index (χ2n) is 9.28. The molecule has 188 valence electrons. The Balaban J connectivity index is 0.00000289. The smallest absolute Gasteiger partial charge is 0.263 e. The average molecular weight is 503 g/mol. The molecule has 2 aliphatic heterocycles. The molecule has 10 nitrogen and oxygen atoms in total. The van der Waals surface area contributed by atoms with Gasteiger partial charge in [0.15, 0.2) is 18.2 Å². The van der Waals surface area contributed by atoms with Crippen molar-refractivity contribution >= 4 is 47.1 Å². The van der Waals surface area contributed by atoms with Gasteiger partial charge in [-0.25, -0.2) is 4.98 Å². The van der Waals surface area contributed by atoms with Crippen molar-refractivity contribution < 1.29 is 19.4 Å². The largest absolute Gasteiger partial charge is 0.480 e. The Labute approximate surface area is 210 Å². The lowest BCUT2D eigenvalue weighted by molar-refractivity contribution is -0.137. The predicted molar refractivity (Wildman–Crippen MR) is 136 cm³/mol. The Kier molecular flexibility index (Phi) is 7.34. The van der Waals surface area contributed by atoms with Gasteiger partial charge in [-0.05, 0) is 56.9 Å². The molecular weight excluding hydrogens is 472 g/mol. The molecule has 0 saturated heterocycles. The van der Waals surface area contributed by atoms with Gasteiger partial charge < -0.3 is 36.4 Å². The number of fused-ring (bicyclic) bond motifs is 2. The molecule has 0 radical (unpaired) electrons. The van der Waals surface area contributed by atoms with Gasteiger partial charge in [0.1, 0.15) is 5.60 Å². The van der Waals surface area contributed by atoms with E-state index in [4.69, 9.17) is 4.74 Å². The molecule has 0 spiro atoms. The van der Waals surface area contributed by atoms with Crippen LogP contribution in [0.25, 0.3) is 0 Å². The zero-order valence-corrected chi connectivity index (χ0v) is 20.3. The molecule has 1 atom stereocenters. The minimum absolute atomic E-state index is 0. The molecule has 1 saturated carbocycles. The molecule has 1 aromatic carbocycles. The number of aromatic nitrogens is 1. The molecule has 0 bridgehead atoms. The summed E-state index contributed by atoms with van der Waals surface area (Å²) in [6, 6.07) is 9.76. The van der Waals surface area contributed by atoms with Gasteiger partial charge in [0.2, 0.25) is 0 Å². The molecular formula is C24H31ClN6O4. The summed E-state index contributed by atoms with van der Waals surface area (Å²) in [5, 5.41) is 26.9. The maximum Gasteiger partial charge on any atom is 0.263 e. The number of anilines is 4. The third-order valence-electron chi connectivity index (χ3n) is 6.64. The molecule has 6 N–H and O–H groups in total. The fourth-order valence-electron chi connectivity index (χ4n) is 4.64. The molecule has 5 rings (SSSR count). The van der Waals surface area contributed by atoms with Crippen molar-refractivity contribution in [2.75, 3.05) is 34.4 Å². The van der Waals surface area contributed by atoms with Crippen LogP contribution < -0.4 is 31.3 Å². The quantitative estimate of drug-likeness (QED) is 0.367. The van der Waals surface area contributed by atoms with Crippen molar-refractivity contribution in [1.29, 1.82) is 0 Å². The van der Waals surface area contributed by atoms with Crippen molar-refractivity contribution in [3.63, 3.8) is 0 Å². The van der Waals surface area contributed by atoms with Crippen LogP contribution in [0.2, 0.25) is 0 Å². The Bertz CT molecular complexity index is 1110. The molecule has 1 unspecified atom stereocenters. The number of benzene rings is 1. The fourth-order valence-corrected chi connectivity index (χ4v) is 4.64. The van der Waals surface area contributed by atoms with Crippen LogP contribution in [0, 0.1) is 0 Å². The van der Waals surface area contributed by atoms with Crippen LogP contribution in [0.4, 0.5) is 22.9 Å². The lowest BCUT2D eigenvalue weighted by Crippen LogP contribution is -2.49. The number of halogens is 1. The third-order valence-corrected chi connectivity index (χ3v) is 6.64. The first-order valence-electron chi connectivity index (χ1n) is 11.7. The molecule has 2 amide bonds. The summed E-state index contributed by atoms with van der Waals surface area (Å²) >= 11 is 0. The predicted octanol–water partition coefficient (Wildman–Crippen LogP) is 2.46. The Hall–Kier alpha value is -3.08. The number of aliphatic hydroxyl groups is 1. The van der Waals surface area contributed by atoms with Crippen LogP contribution >= 0.6 is 12.4 Å². The van der Waals surface area contributed by atoms with E-state index in [-0.39, 0.29) is 42.9 Å². The van der Waals surface area contributed by atoms with E-state index >= 15 is 0 Å². The molecule has 1 aliphatic carbocycles. The lowest BCUT2D eigenvalue weighted by Gasteiger charge is -2.35. The normalized spacial score (nSPS) is 24.8. The van der Waals surface area contributed by atoms with E-state index in [0.717, 1.165) is 23.6 Å². The molecule has 11 heteroatoms. The van der Waals surface area contributed by atoms with Crippen molar-refractivity contribution in [2.24, 2.45) is 0 Å². The summed E-state index contributed by atoms with van der Waals surface area (Å²) < 4.78 is 5.34. The number of nitrogens with one attached hydrogen (secondary N) is 5. The lowest BCUT2D eigenvalue weighted by atomic mass is 9.81. The van der Waals surface area contributed by atoms with Crippen molar-refractivity contribution in [3.05, 3.63) is 36.0 Å². The first-order valence-corrected chi connectivity index (χ1v) is 11.7. The number of pyridine rings is 1. The molecule has 35 heavy (non-hydrogen) atoms. The monoisotopic (exact) mass is 502 g/mol. The Morgan fingerprint density at radius 3 is 2.86 bits per heavy atom. The highest BCUT2D eigenvalue weighted by Crippen LogP contribution is 2.36. The van der Waals surface area contributed by atoms with E-state index in [1.807, 2.05) is 24.3 Å². The summed E-state index contributed by atoms with van der Waals surface area (Å²) in [6.45, 7) is 3.40. The van der Waals surface area contributed by atoms with Crippen LogP contribution in [-0.2, 0) is 16.1 Å². The number of hydrogen-bond donors (Lipinski definition) is 6. The summed E-state index contributed by atoms with van der Waals surface area (Å²) in [6.07, 6.45) is 2.07. The fraction of sp³-hybridized carbons (Fsp3) is 0.458. The van der Waals surface area contributed by atoms with Gasteiger partial charge >= 0.3 is 0 Å². The number of ether oxygens (including phenoxy) is 1. The first kappa shape index (κ1) is 25.0. The summed E-state index contributed by atoms with van der Waals surface area (Å²) in [5.74, 6) is 0.420. The second-order valence-corrected chi connectivity index (χ2v) is 9.28. The van der Waals surface area contributed by atoms with E-state index in [1.165, 1.54) is 0 Å². The maximum absolute atomic E-state index is 13.0. The highest BCUT2D eigenvalue weighted by atomic mass is 35.5. The Morgan fingerprint density at radius 2 is 2.06 bits per heavy atom. The average Bonchev–Trinajstić information content (AvgIpc) is 2.84.